The van der Waals surface area contributed by atoms with Gasteiger partial charge in [-0.2, -0.15) is 0 Å². The molecule has 0 aromatic carbocycles. The van der Waals surface area contributed by atoms with E-state index < -0.39 is 0 Å². The third-order valence-corrected chi connectivity index (χ3v) is 3.25. The van der Waals surface area contributed by atoms with E-state index in [1.807, 2.05) is 0 Å². The van der Waals surface area contributed by atoms with Crippen LogP contribution in [-0.4, -0.2) is 21.4 Å². The SMILES string of the molecule is O[C@@H]1CCCC[C@H]1c1nncs1. The number of rotatable bonds is 1. The van der Waals surface area contributed by atoms with Gasteiger partial charge in [-0.1, -0.05) is 12.8 Å². The summed E-state index contributed by atoms with van der Waals surface area (Å²) < 4.78 is 0. The molecule has 1 fully saturated rings. The number of aliphatic hydroxyl groups excluding tert-OH is 1. The van der Waals surface area contributed by atoms with Gasteiger partial charge in [-0.05, 0) is 12.8 Å². The Balaban J connectivity index is 2.11. The van der Waals surface area contributed by atoms with Crippen molar-refractivity contribution >= 4 is 11.3 Å². The zero-order valence-corrected chi connectivity index (χ0v) is 7.63. The van der Waals surface area contributed by atoms with Gasteiger partial charge in [-0.25, -0.2) is 0 Å². The molecule has 1 saturated carbocycles. The summed E-state index contributed by atoms with van der Waals surface area (Å²) in [6, 6.07) is 0. The first-order valence-electron chi connectivity index (χ1n) is 4.32. The number of hydrogen-bond donors (Lipinski definition) is 1. The number of nitrogens with zero attached hydrogens (tertiary/aromatic N) is 2. The van der Waals surface area contributed by atoms with Gasteiger partial charge in [0.25, 0.3) is 0 Å². The quantitative estimate of drug-likeness (QED) is 0.720. The Kier molecular flexibility index (Phi) is 2.37. The number of hydrogen-bond acceptors (Lipinski definition) is 4. The molecule has 0 unspecified atom stereocenters. The lowest BCUT2D eigenvalue weighted by molar-refractivity contribution is 0.106. The van der Waals surface area contributed by atoms with Crippen molar-refractivity contribution in [2.75, 3.05) is 0 Å². The monoisotopic (exact) mass is 184 g/mol. The van der Waals surface area contributed by atoms with Crippen molar-refractivity contribution < 1.29 is 5.11 Å². The van der Waals surface area contributed by atoms with Gasteiger partial charge in [0.15, 0.2) is 0 Å². The highest BCUT2D eigenvalue weighted by Crippen LogP contribution is 2.33. The van der Waals surface area contributed by atoms with Gasteiger partial charge in [0.05, 0.1) is 6.10 Å². The van der Waals surface area contributed by atoms with Crippen molar-refractivity contribution in [1.29, 1.82) is 0 Å². The van der Waals surface area contributed by atoms with Crippen LogP contribution in [-0.2, 0) is 0 Å². The minimum Gasteiger partial charge on any atom is -0.392 e. The molecule has 0 saturated heterocycles. The molecule has 12 heavy (non-hydrogen) atoms. The summed E-state index contributed by atoms with van der Waals surface area (Å²) in [4.78, 5) is 0. The minimum atomic E-state index is -0.188. The molecule has 3 nitrogen and oxygen atoms in total. The van der Waals surface area contributed by atoms with Crippen LogP contribution in [0.5, 0.6) is 0 Å². The number of aromatic nitrogens is 2. The van der Waals surface area contributed by atoms with Crippen molar-refractivity contribution in [2.45, 2.75) is 37.7 Å². The van der Waals surface area contributed by atoms with Crippen LogP contribution in [0.3, 0.4) is 0 Å². The zero-order valence-electron chi connectivity index (χ0n) is 6.81. The van der Waals surface area contributed by atoms with Crippen LogP contribution in [0.1, 0.15) is 36.6 Å². The maximum absolute atomic E-state index is 9.68. The Morgan fingerprint density at radius 3 is 2.92 bits per heavy atom. The Morgan fingerprint density at radius 2 is 2.25 bits per heavy atom. The van der Waals surface area contributed by atoms with E-state index in [1.54, 1.807) is 16.8 Å². The molecule has 2 rings (SSSR count). The molecule has 0 spiro atoms. The first-order valence-corrected chi connectivity index (χ1v) is 5.20. The normalized spacial score (nSPS) is 30.4. The van der Waals surface area contributed by atoms with Gasteiger partial charge in [0.1, 0.15) is 10.5 Å². The third kappa shape index (κ3) is 1.49. The van der Waals surface area contributed by atoms with Gasteiger partial charge in [0.2, 0.25) is 0 Å². The van der Waals surface area contributed by atoms with E-state index in [-0.39, 0.29) is 12.0 Å². The molecule has 0 aliphatic heterocycles. The van der Waals surface area contributed by atoms with E-state index in [9.17, 15) is 5.11 Å². The Hall–Kier alpha value is -0.480. The fourth-order valence-corrected chi connectivity index (χ4v) is 2.49. The Morgan fingerprint density at radius 1 is 1.42 bits per heavy atom. The second-order valence-electron chi connectivity index (χ2n) is 3.24. The molecule has 66 valence electrons. The molecule has 1 heterocycles. The maximum atomic E-state index is 9.68. The van der Waals surface area contributed by atoms with Crippen LogP contribution in [0.4, 0.5) is 0 Å². The van der Waals surface area contributed by atoms with E-state index in [0.29, 0.717) is 0 Å². The largest absolute Gasteiger partial charge is 0.392 e. The molecule has 1 aromatic rings. The second-order valence-corrected chi connectivity index (χ2v) is 4.10. The topological polar surface area (TPSA) is 46.0 Å². The fourth-order valence-electron chi connectivity index (χ4n) is 1.74. The van der Waals surface area contributed by atoms with Crippen LogP contribution < -0.4 is 0 Å². The summed E-state index contributed by atoms with van der Waals surface area (Å²) >= 11 is 1.55. The molecule has 1 aliphatic carbocycles. The lowest BCUT2D eigenvalue weighted by Gasteiger charge is -2.25. The number of aliphatic hydroxyl groups is 1. The van der Waals surface area contributed by atoms with E-state index in [4.69, 9.17) is 0 Å². The molecule has 4 heteroatoms. The molecule has 1 aromatic heterocycles. The summed E-state index contributed by atoms with van der Waals surface area (Å²) in [6.07, 6.45) is 4.16. The Bertz CT molecular complexity index is 237. The lowest BCUT2D eigenvalue weighted by atomic mass is 9.87. The molecule has 0 amide bonds. The zero-order chi connectivity index (χ0) is 8.39. The van der Waals surface area contributed by atoms with Crippen molar-refractivity contribution in [3.63, 3.8) is 0 Å². The summed E-state index contributed by atoms with van der Waals surface area (Å²) in [5.74, 6) is 0.256. The average Bonchev–Trinajstić information content (AvgIpc) is 2.57. The lowest BCUT2D eigenvalue weighted by Crippen LogP contribution is -2.22. The highest BCUT2D eigenvalue weighted by Gasteiger charge is 2.26. The average molecular weight is 184 g/mol. The molecular weight excluding hydrogens is 172 g/mol. The maximum Gasteiger partial charge on any atom is 0.122 e. The second kappa shape index (κ2) is 3.49. The summed E-state index contributed by atoms with van der Waals surface area (Å²) in [5, 5.41) is 18.5. The highest BCUT2D eigenvalue weighted by molar-refractivity contribution is 7.09. The molecule has 0 radical (unpaired) electrons. The van der Waals surface area contributed by atoms with Crippen LogP contribution in [0.2, 0.25) is 0 Å². The van der Waals surface area contributed by atoms with Crippen molar-refractivity contribution in [1.82, 2.24) is 10.2 Å². The predicted octanol–water partition coefficient (Wildman–Crippen LogP) is 1.56. The van der Waals surface area contributed by atoms with E-state index in [0.717, 1.165) is 24.3 Å². The standard InChI is InChI=1S/C8H12N2OS/c11-7-4-2-1-3-6(7)8-10-9-5-12-8/h5-7,11H,1-4H2/t6-,7-/m1/s1. The minimum absolute atomic E-state index is 0.188. The van der Waals surface area contributed by atoms with E-state index in [2.05, 4.69) is 10.2 Å². The summed E-state index contributed by atoms with van der Waals surface area (Å²) in [5.41, 5.74) is 1.73. The van der Waals surface area contributed by atoms with Gasteiger partial charge in [-0.15, -0.1) is 21.5 Å². The van der Waals surface area contributed by atoms with Gasteiger partial charge in [-0.3, -0.25) is 0 Å². The molecule has 1 N–H and O–H groups in total. The fraction of sp³-hybridized carbons (Fsp3) is 0.750. The van der Waals surface area contributed by atoms with Gasteiger partial charge in [0, 0.05) is 5.92 Å². The van der Waals surface area contributed by atoms with Crippen LogP contribution in [0, 0.1) is 0 Å². The van der Waals surface area contributed by atoms with Crippen LogP contribution >= 0.6 is 11.3 Å². The van der Waals surface area contributed by atoms with Gasteiger partial charge >= 0.3 is 0 Å². The first kappa shape index (κ1) is 8.13. The molecular formula is C8H12N2OS. The Labute approximate surface area is 75.5 Å². The van der Waals surface area contributed by atoms with E-state index >= 15 is 0 Å². The molecule has 2 atom stereocenters. The van der Waals surface area contributed by atoms with Crippen molar-refractivity contribution in [3.05, 3.63) is 10.5 Å². The molecule has 1 aliphatic rings. The summed E-state index contributed by atoms with van der Waals surface area (Å²) in [6.45, 7) is 0. The highest BCUT2D eigenvalue weighted by atomic mass is 32.1. The van der Waals surface area contributed by atoms with Crippen molar-refractivity contribution in [3.8, 4) is 0 Å². The van der Waals surface area contributed by atoms with Gasteiger partial charge < -0.3 is 5.11 Å². The van der Waals surface area contributed by atoms with E-state index in [1.165, 1.54) is 6.42 Å². The first-order chi connectivity index (χ1) is 5.88. The summed E-state index contributed by atoms with van der Waals surface area (Å²) in [7, 11) is 0. The smallest absolute Gasteiger partial charge is 0.122 e. The van der Waals surface area contributed by atoms with Crippen LogP contribution in [0.25, 0.3) is 0 Å². The van der Waals surface area contributed by atoms with Crippen molar-refractivity contribution in [2.24, 2.45) is 0 Å². The predicted molar refractivity (Wildman–Crippen MR) is 47.1 cm³/mol. The molecule has 0 bridgehead atoms. The van der Waals surface area contributed by atoms with Crippen LogP contribution in [0.15, 0.2) is 5.51 Å². The third-order valence-electron chi connectivity index (χ3n) is 2.42.